The molecule has 4 rings (SSSR count). The smallest absolute Gasteiger partial charge is 0.395 e. The molecule has 3 aliphatic rings. The molecule has 1 saturated carbocycles. The number of ether oxygens (including phenoxy) is 2. The molecule has 22 heavy (non-hydrogen) atoms. The Bertz CT molecular complexity index is 557. The van der Waals surface area contributed by atoms with E-state index in [1.165, 1.54) is 12.8 Å². The highest BCUT2D eigenvalue weighted by Gasteiger charge is 2.43. The molecule has 1 aromatic rings. The van der Waals surface area contributed by atoms with E-state index in [9.17, 15) is 8.78 Å². The number of piperazine rings is 1. The van der Waals surface area contributed by atoms with E-state index in [1.807, 2.05) is 6.07 Å². The van der Waals surface area contributed by atoms with Crippen LogP contribution in [-0.2, 0) is 0 Å². The summed E-state index contributed by atoms with van der Waals surface area (Å²) in [6, 6.07) is 5.51. The van der Waals surface area contributed by atoms with Crippen molar-refractivity contribution in [2.24, 2.45) is 5.92 Å². The van der Waals surface area contributed by atoms with Crippen LogP contribution in [0.1, 0.15) is 30.9 Å². The van der Waals surface area contributed by atoms with Gasteiger partial charge in [0.25, 0.3) is 0 Å². The number of fused-ring (bicyclic) bond motifs is 1. The molecule has 0 amide bonds. The van der Waals surface area contributed by atoms with Gasteiger partial charge in [0.1, 0.15) is 0 Å². The Morgan fingerprint density at radius 3 is 2.64 bits per heavy atom. The summed E-state index contributed by atoms with van der Waals surface area (Å²) in [5.41, 5.74) is 1.05. The minimum atomic E-state index is -3.54. The Kier molecular flexibility index (Phi) is 3.46. The Morgan fingerprint density at radius 1 is 1.18 bits per heavy atom. The van der Waals surface area contributed by atoms with E-state index < -0.39 is 6.29 Å². The van der Waals surface area contributed by atoms with Gasteiger partial charge >= 0.3 is 6.29 Å². The number of benzene rings is 1. The van der Waals surface area contributed by atoms with Gasteiger partial charge in [-0.1, -0.05) is 18.9 Å². The first kappa shape index (κ1) is 14.2. The largest absolute Gasteiger partial charge is 0.586 e. The van der Waals surface area contributed by atoms with Crippen molar-refractivity contribution < 1.29 is 18.3 Å². The lowest BCUT2D eigenvalue weighted by Gasteiger charge is -2.35. The van der Waals surface area contributed by atoms with Crippen LogP contribution in [0.5, 0.6) is 11.5 Å². The first-order valence-corrected chi connectivity index (χ1v) is 7.95. The average Bonchev–Trinajstić information content (AvgIpc) is 3.26. The summed E-state index contributed by atoms with van der Waals surface area (Å²) in [6.07, 6.45) is 0.119. The van der Waals surface area contributed by atoms with Gasteiger partial charge in [-0.15, -0.1) is 8.78 Å². The molecule has 1 N–H and O–H groups in total. The van der Waals surface area contributed by atoms with Crippen molar-refractivity contribution in [3.05, 3.63) is 23.8 Å². The van der Waals surface area contributed by atoms with Gasteiger partial charge in [0.2, 0.25) is 0 Å². The molecular formula is C16H20F2N2O2. The lowest BCUT2D eigenvalue weighted by atomic mass is 9.98. The van der Waals surface area contributed by atoms with Crippen molar-refractivity contribution >= 4 is 0 Å². The van der Waals surface area contributed by atoms with Crippen molar-refractivity contribution in [1.82, 2.24) is 10.2 Å². The lowest BCUT2D eigenvalue weighted by molar-refractivity contribution is -0.286. The summed E-state index contributed by atoms with van der Waals surface area (Å²) >= 11 is 0. The van der Waals surface area contributed by atoms with Crippen molar-refractivity contribution in [2.75, 3.05) is 26.2 Å². The van der Waals surface area contributed by atoms with E-state index in [0.717, 1.165) is 44.1 Å². The molecule has 1 aliphatic carbocycles. The minimum absolute atomic E-state index is 0.124. The summed E-state index contributed by atoms with van der Waals surface area (Å²) in [5.74, 6) is 1.05. The van der Waals surface area contributed by atoms with E-state index in [-0.39, 0.29) is 17.5 Å². The van der Waals surface area contributed by atoms with Crippen molar-refractivity contribution in [2.45, 2.75) is 31.6 Å². The summed E-state index contributed by atoms with van der Waals surface area (Å²) in [4.78, 5) is 2.45. The predicted octanol–water partition coefficient (Wildman–Crippen LogP) is 2.75. The van der Waals surface area contributed by atoms with Crippen molar-refractivity contribution in [1.29, 1.82) is 0 Å². The van der Waals surface area contributed by atoms with E-state index in [2.05, 4.69) is 19.7 Å². The van der Waals surface area contributed by atoms with Crippen LogP contribution in [0.25, 0.3) is 0 Å². The molecule has 1 atom stereocenters. The van der Waals surface area contributed by atoms with Gasteiger partial charge in [0.15, 0.2) is 11.5 Å². The number of hydrogen-bond acceptors (Lipinski definition) is 4. The first-order chi connectivity index (χ1) is 10.6. The summed E-state index contributed by atoms with van der Waals surface area (Å²) in [6.45, 7) is 3.93. The van der Waals surface area contributed by atoms with Crippen LogP contribution in [0.15, 0.2) is 18.2 Å². The molecule has 2 heterocycles. The number of alkyl halides is 2. The lowest BCUT2D eigenvalue weighted by Crippen LogP contribution is -2.45. The zero-order chi connectivity index (χ0) is 15.2. The zero-order valence-electron chi connectivity index (χ0n) is 12.4. The second kappa shape index (κ2) is 5.35. The highest BCUT2D eigenvalue weighted by Crippen LogP contribution is 2.45. The first-order valence-electron chi connectivity index (χ1n) is 7.95. The maximum Gasteiger partial charge on any atom is 0.586 e. The summed E-state index contributed by atoms with van der Waals surface area (Å²) < 4.78 is 35.5. The van der Waals surface area contributed by atoms with Crippen LogP contribution < -0.4 is 14.8 Å². The maximum atomic E-state index is 13.2. The highest BCUT2D eigenvalue weighted by atomic mass is 19.3. The fraction of sp³-hybridized carbons (Fsp3) is 0.625. The third-order valence-corrected chi connectivity index (χ3v) is 4.66. The summed E-state index contributed by atoms with van der Waals surface area (Å²) in [5, 5.41) is 3.36. The molecule has 1 aromatic carbocycles. The van der Waals surface area contributed by atoms with Gasteiger partial charge in [-0.25, -0.2) is 0 Å². The molecule has 0 aromatic heterocycles. The standard InChI is InChI=1S/C16H20F2N2O2/c17-16(18)21-14-4-3-12(10-15(14)22-16)13(9-11-1-2-11)20-7-5-19-6-8-20/h3-4,10-11,13,19H,1-2,5-9H2/t13-/m0/s1. The van der Waals surface area contributed by atoms with Gasteiger partial charge in [-0.05, 0) is 30.0 Å². The van der Waals surface area contributed by atoms with Crippen LogP contribution in [-0.4, -0.2) is 37.4 Å². The Hall–Kier alpha value is -1.40. The monoisotopic (exact) mass is 310 g/mol. The van der Waals surface area contributed by atoms with Gasteiger partial charge in [-0.2, -0.15) is 0 Å². The molecule has 1 saturated heterocycles. The fourth-order valence-corrected chi connectivity index (χ4v) is 3.33. The number of hydrogen-bond donors (Lipinski definition) is 1. The van der Waals surface area contributed by atoms with Crippen LogP contribution >= 0.6 is 0 Å². The van der Waals surface area contributed by atoms with E-state index in [1.54, 1.807) is 12.1 Å². The topological polar surface area (TPSA) is 33.7 Å². The number of nitrogens with one attached hydrogen (secondary N) is 1. The molecule has 0 bridgehead atoms. The highest BCUT2D eigenvalue weighted by molar-refractivity contribution is 5.46. The predicted molar refractivity (Wildman–Crippen MR) is 77.2 cm³/mol. The molecule has 6 heteroatoms. The molecule has 0 spiro atoms. The van der Waals surface area contributed by atoms with Gasteiger partial charge < -0.3 is 14.8 Å². The number of rotatable bonds is 4. The van der Waals surface area contributed by atoms with Crippen molar-refractivity contribution in [3.8, 4) is 11.5 Å². The molecule has 0 radical (unpaired) electrons. The molecular weight excluding hydrogens is 290 g/mol. The SMILES string of the molecule is FC1(F)Oc2ccc([C@H](CC3CC3)N3CCNCC3)cc2O1. The molecule has 120 valence electrons. The number of nitrogens with zero attached hydrogens (tertiary/aromatic N) is 1. The normalized spacial score (nSPS) is 25.2. The minimum Gasteiger partial charge on any atom is -0.395 e. The van der Waals surface area contributed by atoms with Crippen molar-refractivity contribution in [3.63, 3.8) is 0 Å². The molecule has 2 aliphatic heterocycles. The van der Waals surface area contributed by atoms with E-state index in [4.69, 9.17) is 0 Å². The second-order valence-electron chi connectivity index (χ2n) is 6.35. The van der Waals surface area contributed by atoms with Crippen LogP contribution in [0, 0.1) is 5.92 Å². The van der Waals surface area contributed by atoms with Crippen LogP contribution in [0.3, 0.4) is 0 Å². The summed E-state index contributed by atoms with van der Waals surface area (Å²) in [7, 11) is 0. The van der Waals surface area contributed by atoms with Gasteiger partial charge in [0.05, 0.1) is 0 Å². The average molecular weight is 310 g/mol. The third kappa shape index (κ3) is 2.90. The Morgan fingerprint density at radius 2 is 1.91 bits per heavy atom. The van der Waals surface area contributed by atoms with Crippen LogP contribution in [0.2, 0.25) is 0 Å². The quantitative estimate of drug-likeness (QED) is 0.927. The fourth-order valence-electron chi connectivity index (χ4n) is 3.33. The molecule has 0 unspecified atom stereocenters. The molecule has 2 fully saturated rings. The Balaban J connectivity index is 1.59. The van der Waals surface area contributed by atoms with Gasteiger partial charge in [-0.3, -0.25) is 4.90 Å². The molecule has 4 nitrogen and oxygen atoms in total. The van der Waals surface area contributed by atoms with E-state index >= 15 is 0 Å². The second-order valence-corrected chi connectivity index (χ2v) is 6.35. The van der Waals surface area contributed by atoms with E-state index in [0.29, 0.717) is 0 Å². The maximum absolute atomic E-state index is 13.2. The Labute approximate surface area is 128 Å². The van der Waals surface area contributed by atoms with Gasteiger partial charge in [0, 0.05) is 32.2 Å². The third-order valence-electron chi connectivity index (χ3n) is 4.66. The zero-order valence-corrected chi connectivity index (χ0v) is 12.4. The van der Waals surface area contributed by atoms with Crippen LogP contribution in [0.4, 0.5) is 8.78 Å². The number of halogens is 2.